The summed E-state index contributed by atoms with van der Waals surface area (Å²) < 4.78 is 16.9. The van der Waals surface area contributed by atoms with Crippen LogP contribution in [0.1, 0.15) is 290 Å². The number of rotatable bonds is 60. The Morgan fingerprint density at radius 2 is 0.470 bits per heavy atom. The van der Waals surface area contributed by atoms with E-state index in [1.54, 1.807) is 0 Å². The Labute approximate surface area is 511 Å². The molecule has 0 saturated heterocycles. The molecule has 1 unspecified atom stereocenters. The van der Waals surface area contributed by atoms with Crippen LogP contribution in [0.25, 0.3) is 0 Å². The molecule has 1 atom stereocenters. The topological polar surface area (TPSA) is 78.9 Å². The van der Waals surface area contributed by atoms with E-state index in [4.69, 9.17) is 14.2 Å². The number of carbonyl (C=O) groups is 3. The average molecular weight is 1150 g/mol. The predicted molar refractivity (Wildman–Crippen MR) is 362 cm³/mol. The first-order valence-corrected chi connectivity index (χ1v) is 34.0. The number of unbranched alkanes of at least 4 members (excludes halogenated alkanes) is 23. The summed E-state index contributed by atoms with van der Waals surface area (Å²) in [4.78, 5) is 38.5. The third-order valence-electron chi connectivity index (χ3n) is 14.0. The summed E-state index contributed by atoms with van der Waals surface area (Å²) in [6.07, 6.45) is 101. The molecule has 0 spiro atoms. The second-order valence-corrected chi connectivity index (χ2v) is 22.0. The molecule has 0 aromatic rings. The number of ether oxygens (including phenoxy) is 3. The van der Waals surface area contributed by atoms with Gasteiger partial charge in [0.25, 0.3) is 0 Å². The molecule has 0 saturated carbocycles. The molecule has 0 aliphatic rings. The minimum absolute atomic E-state index is 0.101. The highest BCUT2D eigenvalue weighted by Crippen LogP contribution is 2.15. The molecule has 0 aromatic carbocycles. The van der Waals surface area contributed by atoms with Crippen molar-refractivity contribution in [2.45, 2.75) is 297 Å². The van der Waals surface area contributed by atoms with E-state index in [0.29, 0.717) is 12.8 Å². The Balaban J connectivity index is 4.50. The van der Waals surface area contributed by atoms with Gasteiger partial charge in [-0.1, -0.05) is 281 Å². The molecular weight excluding hydrogens is 1020 g/mol. The lowest BCUT2D eigenvalue weighted by atomic mass is 10.1. The van der Waals surface area contributed by atoms with Crippen molar-refractivity contribution in [2.75, 3.05) is 13.2 Å². The van der Waals surface area contributed by atoms with Gasteiger partial charge < -0.3 is 14.2 Å². The van der Waals surface area contributed by atoms with E-state index >= 15 is 0 Å². The number of hydrogen-bond acceptors (Lipinski definition) is 6. The van der Waals surface area contributed by atoms with Crippen molar-refractivity contribution in [3.8, 4) is 0 Å². The Morgan fingerprint density at radius 3 is 0.747 bits per heavy atom. The molecule has 0 bridgehead atoms. The fourth-order valence-corrected chi connectivity index (χ4v) is 8.97. The third kappa shape index (κ3) is 67.7. The van der Waals surface area contributed by atoms with Gasteiger partial charge in [-0.15, -0.1) is 0 Å². The monoisotopic (exact) mass is 1140 g/mol. The van der Waals surface area contributed by atoms with Gasteiger partial charge in [0.05, 0.1) is 0 Å². The van der Waals surface area contributed by atoms with Gasteiger partial charge in [0.2, 0.25) is 0 Å². The first-order valence-electron chi connectivity index (χ1n) is 34.0. The molecule has 6 heteroatoms. The largest absolute Gasteiger partial charge is 0.462 e. The summed E-state index contributed by atoms with van der Waals surface area (Å²) >= 11 is 0. The van der Waals surface area contributed by atoms with Crippen molar-refractivity contribution in [1.29, 1.82) is 0 Å². The van der Waals surface area contributed by atoms with E-state index in [0.717, 1.165) is 161 Å². The summed E-state index contributed by atoms with van der Waals surface area (Å²) in [6.45, 7) is 6.38. The molecule has 0 heterocycles. The minimum Gasteiger partial charge on any atom is -0.462 e. The number of esters is 3. The van der Waals surface area contributed by atoms with Crippen LogP contribution in [0.5, 0.6) is 0 Å². The lowest BCUT2D eigenvalue weighted by Gasteiger charge is -2.18. The van der Waals surface area contributed by atoms with E-state index in [1.807, 2.05) is 0 Å². The van der Waals surface area contributed by atoms with E-state index in [9.17, 15) is 14.4 Å². The van der Waals surface area contributed by atoms with E-state index in [2.05, 4.69) is 179 Å². The molecule has 0 N–H and O–H groups in total. The maximum Gasteiger partial charge on any atom is 0.306 e. The van der Waals surface area contributed by atoms with Gasteiger partial charge in [-0.2, -0.15) is 0 Å². The van der Waals surface area contributed by atoms with Gasteiger partial charge >= 0.3 is 17.9 Å². The molecule has 6 nitrogen and oxygen atoms in total. The lowest BCUT2D eigenvalue weighted by molar-refractivity contribution is -0.167. The second-order valence-electron chi connectivity index (χ2n) is 22.0. The van der Waals surface area contributed by atoms with Gasteiger partial charge in [0.1, 0.15) is 13.2 Å². The summed E-state index contributed by atoms with van der Waals surface area (Å²) in [5.74, 6) is -0.944. The SMILES string of the molecule is CC/C=C\C/C=C\C/C=C\C/C=C\C/C=C\C/C=C\CCCCCCCCC(=O)OCC(COC(=O)CCCCCCCCC/C=C\CCCCCCCC)OC(=O)CCCCCC/C=C\C/C=C\C/C=C\C/C=C\C/C=C\C/C=C\CC. The third-order valence-corrected chi connectivity index (χ3v) is 14.0. The summed E-state index contributed by atoms with van der Waals surface area (Å²) in [5.41, 5.74) is 0. The number of allylic oxidation sites excluding steroid dienone is 26. The first kappa shape index (κ1) is 78.0. The predicted octanol–water partition coefficient (Wildman–Crippen LogP) is 23.7. The van der Waals surface area contributed by atoms with Gasteiger partial charge in [-0.3, -0.25) is 14.4 Å². The van der Waals surface area contributed by atoms with Crippen LogP contribution < -0.4 is 0 Å². The Kier molecular flexibility index (Phi) is 65.4. The van der Waals surface area contributed by atoms with Gasteiger partial charge in [0, 0.05) is 19.3 Å². The normalized spacial score (nSPS) is 13.1. The maximum absolute atomic E-state index is 13.0. The van der Waals surface area contributed by atoms with Gasteiger partial charge in [-0.25, -0.2) is 0 Å². The molecule has 0 fully saturated rings. The van der Waals surface area contributed by atoms with Crippen LogP contribution in [-0.4, -0.2) is 37.2 Å². The van der Waals surface area contributed by atoms with Crippen LogP contribution in [0.3, 0.4) is 0 Å². The first-order chi connectivity index (χ1) is 41.0. The second kappa shape index (κ2) is 69.5. The quantitative estimate of drug-likeness (QED) is 0.0261. The molecule has 0 rings (SSSR count). The highest BCUT2D eigenvalue weighted by atomic mass is 16.6. The summed E-state index contributed by atoms with van der Waals surface area (Å²) in [6, 6.07) is 0. The molecule has 0 aromatic heterocycles. The van der Waals surface area contributed by atoms with Crippen molar-refractivity contribution in [3.63, 3.8) is 0 Å². The lowest BCUT2D eigenvalue weighted by Crippen LogP contribution is -2.30. The smallest absolute Gasteiger partial charge is 0.306 e. The standard InChI is InChI=1S/C77H124O6/c1-4-7-10-13-16-19-22-25-28-31-33-35-37-38-40-41-43-46-49-52-55-58-61-64-67-70-76(79)82-73-74(72-81-75(78)69-66-63-60-57-54-51-48-45-30-27-24-21-18-15-12-9-6-3)83-77(80)71-68-65-62-59-56-53-50-47-44-42-39-36-34-32-29-26-23-20-17-14-11-8-5-2/h7-8,10-11,16-17,19-20,25-30,33-36,38,40,42-44,46,50,53,74H,4-6,9,12-15,18,21-24,31-32,37,39,41,45,47-49,51-52,54-73H2,1-3H3/b10-7-,11-8-,19-16-,20-17-,28-25-,29-26-,30-27-,35-33-,36-34-,40-38-,44-42-,46-43-,53-50-. The Bertz CT molecular complexity index is 1840. The van der Waals surface area contributed by atoms with Gasteiger partial charge in [0.15, 0.2) is 6.10 Å². The Morgan fingerprint density at radius 1 is 0.253 bits per heavy atom. The molecule has 0 radical (unpaired) electrons. The van der Waals surface area contributed by atoms with Crippen LogP contribution in [0.2, 0.25) is 0 Å². The molecule has 0 aliphatic heterocycles. The molecular formula is C77H124O6. The molecule has 83 heavy (non-hydrogen) atoms. The zero-order chi connectivity index (χ0) is 59.9. The van der Waals surface area contributed by atoms with Crippen molar-refractivity contribution >= 4 is 17.9 Å². The zero-order valence-corrected chi connectivity index (χ0v) is 53.7. The zero-order valence-electron chi connectivity index (χ0n) is 53.7. The van der Waals surface area contributed by atoms with Crippen molar-refractivity contribution in [2.24, 2.45) is 0 Å². The van der Waals surface area contributed by atoms with Gasteiger partial charge in [-0.05, 0) is 148 Å². The number of hydrogen-bond donors (Lipinski definition) is 0. The van der Waals surface area contributed by atoms with Crippen LogP contribution in [0, 0.1) is 0 Å². The fraction of sp³-hybridized carbons (Fsp3) is 0.623. The van der Waals surface area contributed by atoms with Crippen molar-refractivity contribution in [1.82, 2.24) is 0 Å². The van der Waals surface area contributed by atoms with Crippen LogP contribution in [0.4, 0.5) is 0 Å². The van der Waals surface area contributed by atoms with Crippen LogP contribution in [-0.2, 0) is 28.6 Å². The van der Waals surface area contributed by atoms with Crippen molar-refractivity contribution in [3.05, 3.63) is 158 Å². The van der Waals surface area contributed by atoms with E-state index < -0.39 is 6.10 Å². The minimum atomic E-state index is -0.810. The fourth-order valence-electron chi connectivity index (χ4n) is 8.97. The molecule has 0 amide bonds. The number of carbonyl (C=O) groups excluding carboxylic acids is 3. The van der Waals surface area contributed by atoms with E-state index in [1.165, 1.54) is 89.9 Å². The summed E-state index contributed by atoms with van der Waals surface area (Å²) in [7, 11) is 0. The molecule has 0 aliphatic carbocycles. The van der Waals surface area contributed by atoms with Crippen molar-refractivity contribution < 1.29 is 28.6 Å². The Hall–Kier alpha value is -4.97. The van der Waals surface area contributed by atoms with E-state index in [-0.39, 0.29) is 37.5 Å². The summed E-state index contributed by atoms with van der Waals surface area (Å²) in [5, 5.41) is 0. The van der Waals surface area contributed by atoms with Crippen LogP contribution >= 0.6 is 0 Å². The van der Waals surface area contributed by atoms with Crippen LogP contribution in [0.15, 0.2) is 158 Å². The average Bonchev–Trinajstić information content (AvgIpc) is 3.49. The highest BCUT2D eigenvalue weighted by Gasteiger charge is 2.19. The highest BCUT2D eigenvalue weighted by molar-refractivity contribution is 5.71. The molecule has 468 valence electrons. The maximum atomic E-state index is 13.0.